The van der Waals surface area contributed by atoms with Crippen LogP contribution in [0.2, 0.25) is 5.02 Å². The van der Waals surface area contributed by atoms with Crippen molar-refractivity contribution in [3.05, 3.63) is 112 Å². The molecular formula is C26H21ClIO2S+. The van der Waals surface area contributed by atoms with Gasteiger partial charge in [-0.15, -0.1) is 0 Å². The molecule has 0 spiro atoms. The lowest BCUT2D eigenvalue weighted by Gasteiger charge is -2.17. The lowest BCUT2D eigenvalue weighted by molar-refractivity contribution is 0.0223. The molecule has 0 radical (unpaired) electrons. The van der Waals surface area contributed by atoms with Gasteiger partial charge >= 0.3 is 0 Å². The quantitative estimate of drug-likeness (QED) is 0.130. The van der Waals surface area contributed by atoms with Gasteiger partial charge in [-0.05, 0) is 89.3 Å². The molecule has 0 fully saturated rings. The van der Waals surface area contributed by atoms with Gasteiger partial charge in [-0.3, -0.25) is 0 Å². The number of halogens is 2. The largest absolute Gasteiger partial charge is 0.455 e. The van der Waals surface area contributed by atoms with Crippen LogP contribution in [0, 0.1) is 3.57 Å². The summed E-state index contributed by atoms with van der Waals surface area (Å²) in [5.74, 6) is 1.36. The van der Waals surface area contributed by atoms with E-state index in [4.69, 9.17) is 21.1 Å². The Bertz CT molecular complexity index is 1080. The van der Waals surface area contributed by atoms with E-state index in [1.54, 1.807) is 0 Å². The average molecular weight is 560 g/mol. The van der Waals surface area contributed by atoms with E-state index >= 15 is 0 Å². The Morgan fingerprint density at radius 3 is 1.81 bits per heavy atom. The molecule has 0 aromatic heterocycles. The molecule has 1 atom stereocenters. The molecule has 0 aliphatic heterocycles. The van der Waals surface area contributed by atoms with Gasteiger partial charge in [-0.25, -0.2) is 0 Å². The highest BCUT2D eigenvalue weighted by Gasteiger charge is 2.28. The van der Waals surface area contributed by atoms with E-state index in [0.717, 1.165) is 9.32 Å². The predicted octanol–water partition coefficient (Wildman–Crippen LogP) is 7.84. The van der Waals surface area contributed by atoms with Crippen LogP contribution in [-0.2, 0) is 10.9 Å². The summed E-state index contributed by atoms with van der Waals surface area (Å²) in [6.07, 6.45) is -0.468. The van der Waals surface area contributed by atoms with Crippen LogP contribution >= 0.6 is 34.2 Å². The van der Waals surface area contributed by atoms with Gasteiger partial charge in [0.05, 0.1) is 15.9 Å². The molecule has 156 valence electrons. The van der Waals surface area contributed by atoms with Gasteiger partial charge in [0.25, 0.3) is 0 Å². The van der Waals surface area contributed by atoms with E-state index in [1.807, 2.05) is 49.4 Å². The van der Waals surface area contributed by atoms with Crippen LogP contribution in [-0.4, -0.2) is 6.29 Å². The molecule has 0 saturated heterocycles. The maximum Gasteiger partial charge on any atom is 0.238 e. The maximum atomic E-state index is 6.26. The van der Waals surface area contributed by atoms with Gasteiger partial charge < -0.3 is 9.47 Å². The molecule has 4 rings (SSSR count). The molecule has 4 aromatic rings. The number of hydrogen-bond donors (Lipinski definition) is 0. The van der Waals surface area contributed by atoms with Gasteiger partial charge in [-0.2, -0.15) is 0 Å². The maximum absolute atomic E-state index is 6.26. The molecule has 0 bridgehead atoms. The third kappa shape index (κ3) is 5.76. The summed E-state index contributed by atoms with van der Waals surface area (Å²) < 4.78 is 12.9. The summed E-state index contributed by atoms with van der Waals surface area (Å²) in [6, 6.07) is 35.1. The number of rotatable bonds is 7. The fraction of sp³-hybridized carbons (Fsp3) is 0.0769. The molecule has 31 heavy (non-hydrogen) atoms. The molecule has 0 aliphatic carbocycles. The van der Waals surface area contributed by atoms with E-state index in [-0.39, 0.29) is 10.9 Å². The van der Waals surface area contributed by atoms with Crippen LogP contribution in [0.1, 0.15) is 6.92 Å². The minimum atomic E-state index is -0.468. The molecule has 4 aromatic carbocycles. The number of hydrogen-bond acceptors (Lipinski definition) is 2. The van der Waals surface area contributed by atoms with E-state index in [1.165, 1.54) is 14.7 Å². The molecule has 5 heteroatoms. The Morgan fingerprint density at radius 1 is 0.710 bits per heavy atom. The Balaban J connectivity index is 1.52. The van der Waals surface area contributed by atoms with Crippen molar-refractivity contribution < 1.29 is 9.47 Å². The van der Waals surface area contributed by atoms with Crippen LogP contribution in [0.25, 0.3) is 0 Å². The third-order valence-electron chi connectivity index (χ3n) is 4.51. The molecule has 0 N–H and O–H groups in total. The van der Waals surface area contributed by atoms with E-state index in [9.17, 15) is 0 Å². The summed E-state index contributed by atoms with van der Waals surface area (Å²) >= 11 is 8.48. The number of benzene rings is 4. The highest BCUT2D eigenvalue weighted by Crippen LogP contribution is 2.32. The zero-order valence-electron chi connectivity index (χ0n) is 16.9. The molecule has 0 aliphatic rings. The van der Waals surface area contributed by atoms with Crippen molar-refractivity contribution in [2.45, 2.75) is 27.9 Å². The van der Waals surface area contributed by atoms with Crippen molar-refractivity contribution in [2.75, 3.05) is 0 Å². The van der Waals surface area contributed by atoms with Crippen molar-refractivity contribution in [1.29, 1.82) is 0 Å². The van der Waals surface area contributed by atoms with Crippen molar-refractivity contribution in [3.8, 4) is 11.5 Å². The Kier molecular flexibility index (Phi) is 7.43. The predicted molar refractivity (Wildman–Crippen MR) is 136 cm³/mol. The Labute approximate surface area is 204 Å². The minimum Gasteiger partial charge on any atom is -0.455 e. The molecule has 0 heterocycles. The fourth-order valence-corrected chi connectivity index (χ4v) is 6.12. The summed E-state index contributed by atoms with van der Waals surface area (Å²) in [7, 11) is -0.177. The first-order valence-electron chi connectivity index (χ1n) is 9.83. The molecule has 0 amide bonds. The van der Waals surface area contributed by atoms with E-state index in [0.29, 0.717) is 10.8 Å². The standard InChI is InChI=1S/C26H21ClIO2S/c1-19(30-26-17-12-20(28)18-25(26)27)29-21-13-15-24(16-14-21)31(22-8-4-2-5-9-22)23-10-6-3-7-11-23/h2-19H,1H3/q+1. The van der Waals surface area contributed by atoms with Gasteiger partial charge in [0, 0.05) is 10.5 Å². The lowest BCUT2D eigenvalue weighted by Crippen LogP contribution is -2.19. The summed E-state index contributed by atoms with van der Waals surface area (Å²) in [4.78, 5) is 3.80. The highest BCUT2D eigenvalue weighted by atomic mass is 127. The summed E-state index contributed by atoms with van der Waals surface area (Å²) in [5.41, 5.74) is 0. The Hall–Kier alpha value is -2.15. The van der Waals surface area contributed by atoms with E-state index < -0.39 is 6.29 Å². The first-order chi connectivity index (χ1) is 15.1. The molecule has 2 nitrogen and oxygen atoms in total. The lowest BCUT2D eigenvalue weighted by atomic mass is 10.3. The minimum absolute atomic E-state index is 0.177. The van der Waals surface area contributed by atoms with Gasteiger partial charge in [0.1, 0.15) is 11.5 Å². The summed E-state index contributed by atoms with van der Waals surface area (Å²) in [5, 5.41) is 0.576. The second-order valence-corrected chi connectivity index (χ2v) is 10.5. The van der Waals surface area contributed by atoms with Crippen LogP contribution < -0.4 is 9.47 Å². The Morgan fingerprint density at radius 2 is 1.26 bits per heavy atom. The smallest absolute Gasteiger partial charge is 0.238 e. The highest BCUT2D eigenvalue weighted by molar-refractivity contribution is 14.1. The van der Waals surface area contributed by atoms with Crippen molar-refractivity contribution in [3.63, 3.8) is 0 Å². The summed E-state index contributed by atoms with van der Waals surface area (Å²) in [6.45, 7) is 1.86. The van der Waals surface area contributed by atoms with Gasteiger partial charge in [0.15, 0.2) is 14.7 Å². The van der Waals surface area contributed by atoms with Gasteiger partial charge in [0.2, 0.25) is 6.29 Å². The topological polar surface area (TPSA) is 18.5 Å². The van der Waals surface area contributed by atoms with Crippen LogP contribution in [0.5, 0.6) is 11.5 Å². The zero-order chi connectivity index (χ0) is 21.6. The van der Waals surface area contributed by atoms with E-state index in [2.05, 4.69) is 83.3 Å². The SMILES string of the molecule is CC(Oc1ccc([S+](c2ccccc2)c2ccccc2)cc1)Oc1ccc(I)cc1Cl. The second kappa shape index (κ2) is 10.4. The van der Waals surface area contributed by atoms with Crippen LogP contribution in [0.4, 0.5) is 0 Å². The van der Waals surface area contributed by atoms with Crippen LogP contribution in [0.15, 0.2) is 118 Å². The van der Waals surface area contributed by atoms with Crippen molar-refractivity contribution in [1.82, 2.24) is 0 Å². The van der Waals surface area contributed by atoms with Gasteiger partial charge in [-0.1, -0.05) is 48.0 Å². The monoisotopic (exact) mass is 559 g/mol. The first kappa shape index (κ1) is 22.1. The molecule has 1 unspecified atom stereocenters. The van der Waals surface area contributed by atoms with Crippen LogP contribution in [0.3, 0.4) is 0 Å². The fourth-order valence-electron chi connectivity index (χ4n) is 3.14. The molecule has 0 saturated carbocycles. The average Bonchev–Trinajstić information content (AvgIpc) is 2.79. The zero-order valence-corrected chi connectivity index (χ0v) is 20.6. The third-order valence-corrected chi connectivity index (χ3v) is 7.70. The number of ether oxygens (including phenoxy) is 2. The van der Waals surface area contributed by atoms with Crippen molar-refractivity contribution in [2.24, 2.45) is 0 Å². The second-order valence-electron chi connectivity index (χ2n) is 6.78. The molecular weight excluding hydrogens is 539 g/mol. The van der Waals surface area contributed by atoms with Crippen molar-refractivity contribution >= 4 is 45.1 Å². The normalized spacial score (nSPS) is 11.9. The first-order valence-corrected chi connectivity index (χ1v) is 12.5.